The number of nitrogens with one attached hydrogen (secondary N) is 1. The minimum Gasteiger partial charge on any atom is -0.368 e. The smallest absolute Gasteiger partial charge is 0.219 e. The van der Waals surface area contributed by atoms with Crippen LogP contribution >= 0.6 is 0 Å². The molecule has 1 saturated heterocycles. The number of carbonyl (C=O) groups excluding carboxylic acids is 1. The third-order valence-electron chi connectivity index (χ3n) is 3.41. The molecular formula is C14H20FN3O. The predicted octanol–water partition coefficient (Wildman–Crippen LogP) is 1.21. The molecule has 2 rings (SSSR count). The van der Waals surface area contributed by atoms with E-state index in [9.17, 15) is 9.18 Å². The summed E-state index contributed by atoms with van der Waals surface area (Å²) in [6, 6.07) is 5.11. The van der Waals surface area contributed by atoms with Gasteiger partial charge in [-0.25, -0.2) is 4.39 Å². The number of benzene rings is 1. The van der Waals surface area contributed by atoms with Gasteiger partial charge in [-0.15, -0.1) is 0 Å². The summed E-state index contributed by atoms with van der Waals surface area (Å²) in [6.45, 7) is 5.14. The summed E-state index contributed by atoms with van der Waals surface area (Å²) in [6.07, 6.45) is 0. The summed E-state index contributed by atoms with van der Waals surface area (Å²) in [4.78, 5) is 15.2. The maximum atomic E-state index is 13.6. The van der Waals surface area contributed by atoms with Crippen molar-refractivity contribution in [3.05, 3.63) is 29.6 Å². The van der Waals surface area contributed by atoms with E-state index in [2.05, 4.69) is 10.2 Å². The minimum absolute atomic E-state index is 0.106. The first-order chi connectivity index (χ1) is 9.10. The second-order valence-electron chi connectivity index (χ2n) is 4.84. The molecule has 1 aliphatic rings. The van der Waals surface area contributed by atoms with E-state index in [1.807, 2.05) is 18.0 Å². The number of carbonyl (C=O) groups is 1. The Bertz CT molecular complexity index is 456. The Morgan fingerprint density at radius 3 is 2.53 bits per heavy atom. The van der Waals surface area contributed by atoms with Crippen LogP contribution in [0.1, 0.15) is 12.5 Å². The monoisotopic (exact) mass is 265 g/mol. The van der Waals surface area contributed by atoms with Crippen LogP contribution in [0.5, 0.6) is 0 Å². The summed E-state index contributed by atoms with van der Waals surface area (Å²) in [7, 11) is 1.84. The molecule has 19 heavy (non-hydrogen) atoms. The van der Waals surface area contributed by atoms with Crippen molar-refractivity contribution in [3.8, 4) is 0 Å². The third-order valence-corrected chi connectivity index (χ3v) is 3.41. The van der Waals surface area contributed by atoms with Crippen molar-refractivity contribution in [2.75, 3.05) is 38.1 Å². The number of hydrogen-bond donors (Lipinski definition) is 1. The van der Waals surface area contributed by atoms with Gasteiger partial charge in [-0.2, -0.15) is 0 Å². The third kappa shape index (κ3) is 3.44. The summed E-state index contributed by atoms with van der Waals surface area (Å²) in [5.41, 5.74) is 1.83. The molecule has 1 aromatic carbocycles. The lowest BCUT2D eigenvalue weighted by Crippen LogP contribution is -2.48. The zero-order valence-corrected chi connectivity index (χ0v) is 11.4. The van der Waals surface area contributed by atoms with Gasteiger partial charge in [0, 0.05) is 45.3 Å². The standard InChI is InChI=1S/C14H20FN3O/c1-11(19)17-3-5-18(6-4-17)14-8-12(10-16-2)7-13(15)9-14/h7-9,16H,3-6,10H2,1-2H3. The quantitative estimate of drug-likeness (QED) is 0.892. The normalized spacial score (nSPS) is 15.7. The van der Waals surface area contributed by atoms with Crippen LogP contribution in [0.2, 0.25) is 0 Å². The average Bonchev–Trinajstić information content (AvgIpc) is 2.38. The van der Waals surface area contributed by atoms with Gasteiger partial charge in [0.2, 0.25) is 5.91 Å². The molecular weight excluding hydrogens is 245 g/mol. The molecule has 1 fully saturated rings. The van der Waals surface area contributed by atoms with Gasteiger partial charge in [-0.05, 0) is 30.8 Å². The van der Waals surface area contributed by atoms with Crippen molar-refractivity contribution >= 4 is 11.6 Å². The number of anilines is 1. The molecule has 0 aliphatic carbocycles. The van der Waals surface area contributed by atoms with Gasteiger partial charge in [0.1, 0.15) is 5.82 Å². The van der Waals surface area contributed by atoms with Crippen LogP contribution in [0.25, 0.3) is 0 Å². The van der Waals surface area contributed by atoms with E-state index in [0.29, 0.717) is 19.6 Å². The minimum atomic E-state index is -0.211. The Morgan fingerprint density at radius 2 is 1.95 bits per heavy atom. The zero-order chi connectivity index (χ0) is 13.8. The molecule has 0 unspecified atom stereocenters. The molecule has 1 heterocycles. The van der Waals surface area contributed by atoms with E-state index in [4.69, 9.17) is 0 Å². The van der Waals surface area contributed by atoms with E-state index in [1.54, 1.807) is 19.1 Å². The van der Waals surface area contributed by atoms with Crippen LogP contribution in [-0.4, -0.2) is 44.0 Å². The first-order valence-corrected chi connectivity index (χ1v) is 6.54. The highest BCUT2D eigenvalue weighted by Crippen LogP contribution is 2.20. The van der Waals surface area contributed by atoms with Crippen molar-refractivity contribution in [2.24, 2.45) is 0 Å². The SMILES string of the molecule is CNCc1cc(F)cc(N2CCN(C(C)=O)CC2)c1. The summed E-state index contributed by atoms with van der Waals surface area (Å²) in [5.74, 6) is -0.105. The molecule has 0 saturated carbocycles. The van der Waals surface area contributed by atoms with Gasteiger partial charge in [0.05, 0.1) is 0 Å². The highest BCUT2D eigenvalue weighted by molar-refractivity contribution is 5.73. The van der Waals surface area contributed by atoms with Crippen LogP contribution in [0.3, 0.4) is 0 Å². The van der Waals surface area contributed by atoms with Gasteiger partial charge in [0.25, 0.3) is 0 Å². The first kappa shape index (κ1) is 13.8. The van der Waals surface area contributed by atoms with Crippen molar-refractivity contribution in [3.63, 3.8) is 0 Å². The molecule has 104 valence electrons. The molecule has 0 radical (unpaired) electrons. The van der Waals surface area contributed by atoms with Crippen molar-refractivity contribution < 1.29 is 9.18 Å². The Balaban J connectivity index is 2.08. The molecule has 0 spiro atoms. The maximum absolute atomic E-state index is 13.6. The second kappa shape index (κ2) is 6.02. The van der Waals surface area contributed by atoms with Gasteiger partial charge >= 0.3 is 0 Å². The van der Waals surface area contributed by atoms with Gasteiger partial charge in [-0.3, -0.25) is 4.79 Å². The summed E-state index contributed by atoms with van der Waals surface area (Å²) < 4.78 is 13.6. The van der Waals surface area contributed by atoms with Gasteiger partial charge in [0.15, 0.2) is 0 Å². The second-order valence-corrected chi connectivity index (χ2v) is 4.84. The van der Waals surface area contributed by atoms with Gasteiger partial charge in [-0.1, -0.05) is 0 Å². The average molecular weight is 265 g/mol. The maximum Gasteiger partial charge on any atom is 0.219 e. The number of rotatable bonds is 3. The predicted molar refractivity (Wildman–Crippen MR) is 73.6 cm³/mol. The molecule has 1 aliphatic heterocycles. The molecule has 0 bridgehead atoms. The number of nitrogens with zero attached hydrogens (tertiary/aromatic N) is 2. The summed E-state index contributed by atoms with van der Waals surface area (Å²) in [5, 5.41) is 3.03. The largest absolute Gasteiger partial charge is 0.368 e. The fraction of sp³-hybridized carbons (Fsp3) is 0.500. The molecule has 0 atom stereocenters. The topological polar surface area (TPSA) is 35.6 Å². The zero-order valence-electron chi connectivity index (χ0n) is 11.4. The van der Waals surface area contributed by atoms with E-state index in [1.165, 1.54) is 0 Å². The Kier molecular flexibility index (Phi) is 4.37. The van der Waals surface area contributed by atoms with E-state index < -0.39 is 0 Å². The van der Waals surface area contributed by atoms with Crippen LogP contribution in [-0.2, 0) is 11.3 Å². The highest BCUT2D eigenvalue weighted by Gasteiger charge is 2.19. The molecule has 0 aromatic heterocycles. The van der Waals surface area contributed by atoms with Crippen molar-refractivity contribution in [1.29, 1.82) is 0 Å². The van der Waals surface area contributed by atoms with Crippen LogP contribution in [0.4, 0.5) is 10.1 Å². The Labute approximate surface area is 113 Å². The summed E-state index contributed by atoms with van der Waals surface area (Å²) >= 11 is 0. The highest BCUT2D eigenvalue weighted by atomic mass is 19.1. The number of piperazine rings is 1. The lowest BCUT2D eigenvalue weighted by molar-refractivity contribution is -0.129. The lowest BCUT2D eigenvalue weighted by atomic mass is 10.1. The van der Waals surface area contributed by atoms with E-state index >= 15 is 0 Å². The van der Waals surface area contributed by atoms with E-state index in [0.717, 1.165) is 24.3 Å². The van der Waals surface area contributed by atoms with Crippen LogP contribution < -0.4 is 10.2 Å². The number of hydrogen-bond acceptors (Lipinski definition) is 3. The van der Waals surface area contributed by atoms with E-state index in [-0.39, 0.29) is 11.7 Å². The van der Waals surface area contributed by atoms with Gasteiger partial charge < -0.3 is 15.1 Å². The Morgan fingerprint density at radius 1 is 1.26 bits per heavy atom. The number of halogens is 1. The van der Waals surface area contributed by atoms with Crippen molar-refractivity contribution in [2.45, 2.75) is 13.5 Å². The molecule has 1 amide bonds. The molecule has 1 N–H and O–H groups in total. The molecule has 1 aromatic rings. The molecule has 4 nitrogen and oxygen atoms in total. The fourth-order valence-corrected chi connectivity index (χ4v) is 2.40. The fourth-order valence-electron chi connectivity index (χ4n) is 2.40. The first-order valence-electron chi connectivity index (χ1n) is 6.54. The number of amides is 1. The lowest BCUT2D eigenvalue weighted by Gasteiger charge is -2.35. The van der Waals surface area contributed by atoms with Crippen molar-refractivity contribution in [1.82, 2.24) is 10.2 Å². The van der Waals surface area contributed by atoms with Crippen LogP contribution in [0, 0.1) is 5.82 Å². The Hall–Kier alpha value is -1.62. The molecule has 5 heteroatoms. The van der Waals surface area contributed by atoms with Crippen LogP contribution in [0.15, 0.2) is 18.2 Å².